The molecule has 1 nitrogen and oxygen atoms in total. The third-order valence-corrected chi connectivity index (χ3v) is 4.08. The fourth-order valence-corrected chi connectivity index (χ4v) is 3.04. The van der Waals surface area contributed by atoms with Crippen molar-refractivity contribution < 1.29 is 0 Å². The van der Waals surface area contributed by atoms with Gasteiger partial charge in [0.2, 0.25) is 0 Å². The van der Waals surface area contributed by atoms with E-state index in [9.17, 15) is 0 Å². The van der Waals surface area contributed by atoms with Gasteiger partial charge in [0.25, 0.3) is 0 Å². The number of rotatable bonds is 0. The Morgan fingerprint density at radius 3 is 2.44 bits per heavy atom. The molecule has 0 aliphatic carbocycles. The first-order valence-corrected chi connectivity index (χ1v) is 4.73. The maximum absolute atomic E-state index is 2.46. The Kier molecular flexibility index (Phi) is 1.27. The van der Waals surface area contributed by atoms with Crippen LogP contribution >= 0.6 is 11.8 Å². The molecular weight excluding hydrogens is 130 g/mol. The van der Waals surface area contributed by atoms with Crippen molar-refractivity contribution in [3.05, 3.63) is 0 Å². The van der Waals surface area contributed by atoms with Crippen LogP contribution in [0.4, 0.5) is 0 Å². The van der Waals surface area contributed by atoms with Crippen LogP contribution in [0.1, 0.15) is 6.42 Å². The summed E-state index contributed by atoms with van der Waals surface area (Å²) in [7, 11) is 2.23. The third kappa shape index (κ3) is 0.887. The van der Waals surface area contributed by atoms with E-state index in [1.54, 1.807) is 0 Å². The summed E-state index contributed by atoms with van der Waals surface area (Å²) in [6.07, 6.45) is 1.45. The summed E-state index contributed by atoms with van der Waals surface area (Å²) in [5, 5.41) is 0. The molecule has 2 aliphatic heterocycles. The lowest BCUT2D eigenvalue weighted by Gasteiger charge is -2.37. The third-order valence-electron chi connectivity index (χ3n) is 2.45. The highest BCUT2D eigenvalue weighted by Crippen LogP contribution is 2.44. The van der Waals surface area contributed by atoms with E-state index in [4.69, 9.17) is 0 Å². The molecule has 2 rings (SSSR count). The Bertz CT molecular complexity index is 120. The largest absolute Gasteiger partial charge is 0.306 e. The van der Waals surface area contributed by atoms with Gasteiger partial charge in [-0.25, -0.2) is 0 Å². The lowest BCUT2D eigenvalue weighted by Crippen LogP contribution is -2.37. The smallest absolute Gasteiger partial charge is 0.00513 e. The predicted octanol–water partition coefficient (Wildman–Crippen LogP) is 1.06. The van der Waals surface area contributed by atoms with Crippen LogP contribution in [0.25, 0.3) is 0 Å². The van der Waals surface area contributed by atoms with Crippen LogP contribution in [0, 0.1) is 5.41 Å². The van der Waals surface area contributed by atoms with E-state index in [0.29, 0.717) is 0 Å². The van der Waals surface area contributed by atoms with Crippen molar-refractivity contribution >= 4 is 11.8 Å². The van der Waals surface area contributed by atoms with Gasteiger partial charge in [0, 0.05) is 23.5 Å². The Balaban J connectivity index is 1.99. The molecule has 0 saturated carbocycles. The first kappa shape index (κ1) is 6.05. The van der Waals surface area contributed by atoms with Crippen LogP contribution in [0.5, 0.6) is 0 Å². The van der Waals surface area contributed by atoms with Gasteiger partial charge < -0.3 is 4.90 Å². The molecule has 0 unspecified atom stereocenters. The second-order valence-electron chi connectivity index (χ2n) is 3.48. The number of hydrogen-bond donors (Lipinski definition) is 0. The van der Waals surface area contributed by atoms with Gasteiger partial charge in [-0.1, -0.05) is 0 Å². The topological polar surface area (TPSA) is 3.24 Å². The second-order valence-corrected chi connectivity index (χ2v) is 4.47. The summed E-state index contributed by atoms with van der Waals surface area (Å²) in [4.78, 5) is 2.46. The molecule has 2 heteroatoms. The van der Waals surface area contributed by atoms with Crippen molar-refractivity contribution in [2.45, 2.75) is 6.42 Å². The van der Waals surface area contributed by atoms with Crippen LogP contribution in [0.2, 0.25) is 0 Å². The SMILES string of the molecule is CN1CCC2(CSC2)C1. The highest BCUT2D eigenvalue weighted by molar-refractivity contribution is 8.00. The lowest BCUT2D eigenvalue weighted by atomic mass is 9.91. The Morgan fingerprint density at radius 1 is 1.44 bits per heavy atom. The van der Waals surface area contributed by atoms with E-state index >= 15 is 0 Å². The van der Waals surface area contributed by atoms with Gasteiger partial charge in [-0.2, -0.15) is 11.8 Å². The number of thioether (sulfide) groups is 1. The van der Waals surface area contributed by atoms with Crippen molar-refractivity contribution in [1.29, 1.82) is 0 Å². The summed E-state index contributed by atoms with van der Waals surface area (Å²) >= 11 is 2.11. The molecule has 0 aromatic heterocycles. The molecule has 0 amide bonds. The summed E-state index contributed by atoms with van der Waals surface area (Å²) in [6, 6.07) is 0. The summed E-state index contributed by atoms with van der Waals surface area (Å²) in [5.74, 6) is 2.86. The minimum Gasteiger partial charge on any atom is -0.306 e. The van der Waals surface area contributed by atoms with Crippen LogP contribution < -0.4 is 0 Å². The van der Waals surface area contributed by atoms with Crippen LogP contribution in [-0.2, 0) is 0 Å². The molecule has 1 spiro atoms. The minimum absolute atomic E-state index is 0.777. The second kappa shape index (κ2) is 1.89. The van der Waals surface area contributed by atoms with E-state index in [1.807, 2.05) is 0 Å². The van der Waals surface area contributed by atoms with E-state index in [1.165, 1.54) is 31.0 Å². The minimum atomic E-state index is 0.777. The number of hydrogen-bond acceptors (Lipinski definition) is 2. The van der Waals surface area contributed by atoms with Gasteiger partial charge in [0.15, 0.2) is 0 Å². The van der Waals surface area contributed by atoms with Gasteiger partial charge in [0.05, 0.1) is 0 Å². The van der Waals surface area contributed by atoms with E-state index in [2.05, 4.69) is 23.7 Å². The first-order valence-electron chi connectivity index (χ1n) is 3.57. The first-order chi connectivity index (χ1) is 4.31. The zero-order valence-corrected chi connectivity index (χ0v) is 6.71. The quantitative estimate of drug-likeness (QED) is 0.499. The highest BCUT2D eigenvalue weighted by Gasteiger charge is 2.42. The number of likely N-dealkylation sites (tertiary alicyclic amines) is 1. The van der Waals surface area contributed by atoms with Crippen molar-refractivity contribution in [3.8, 4) is 0 Å². The maximum Gasteiger partial charge on any atom is 0.00513 e. The molecule has 0 aromatic rings. The number of nitrogens with zero attached hydrogens (tertiary/aromatic N) is 1. The molecule has 9 heavy (non-hydrogen) atoms. The van der Waals surface area contributed by atoms with E-state index in [0.717, 1.165) is 5.41 Å². The molecule has 2 fully saturated rings. The van der Waals surface area contributed by atoms with Gasteiger partial charge in [0.1, 0.15) is 0 Å². The van der Waals surface area contributed by atoms with Crippen molar-refractivity contribution in [2.75, 3.05) is 31.6 Å². The standard InChI is InChI=1S/C7H13NS/c1-8-3-2-7(4-8)5-9-6-7/h2-6H2,1H3. The molecule has 0 aromatic carbocycles. The maximum atomic E-state index is 2.46. The molecule has 52 valence electrons. The fraction of sp³-hybridized carbons (Fsp3) is 1.00. The monoisotopic (exact) mass is 143 g/mol. The van der Waals surface area contributed by atoms with E-state index < -0.39 is 0 Å². The summed E-state index contributed by atoms with van der Waals surface area (Å²) in [6.45, 7) is 2.70. The predicted molar refractivity (Wildman–Crippen MR) is 41.9 cm³/mol. The zero-order valence-electron chi connectivity index (χ0n) is 5.89. The molecule has 2 heterocycles. The van der Waals surface area contributed by atoms with Gasteiger partial charge in [-0.3, -0.25) is 0 Å². The highest BCUT2D eigenvalue weighted by atomic mass is 32.2. The molecule has 0 bridgehead atoms. The lowest BCUT2D eigenvalue weighted by molar-refractivity contribution is 0.334. The Morgan fingerprint density at radius 2 is 2.22 bits per heavy atom. The molecule has 0 radical (unpaired) electrons. The zero-order chi connectivity index (χ0) is 6.32. The van der Waals surface area contributed by atoms with Crippen LogP contribution in [0.15, 0.2) is 0 Å². The van der Waals surface area contributed by atoms with Crippen LogP contribution in [-0.4, -0.2) is 36.5 Å². The Labute approximate surface area is 60.8 Å². The van der Waals surface area contributed by atoms with E-state index in [-0.39, 0.29) is 0 Å². The molecule has 0 atom stereocenters. The van der Waals surface area contributed by atoms with Crippen molar-refractivity contribution in [3.63, 3.8) is 0 Å². The Hall–Kier alpha value is 0.310. The summed E-state index contributed by atoms with van der Waals surface area (Å²) in [5.41, 5.74) is 0.777. The van der Waals surface area contributed by atoms with Crippen molar-refractivity contribution in [1.82, 2.24) is 4.90 Å². The molecule has 2 saturated heterocycles. The van der Waals surface area contributed by atoms with Gasteiger partial charge in [-0.15, -0.1) is 0 Å². The average Bonchev–Trinajstić information content (AvgIpc) is 2.09. The average molecular weight is 143 g/mol. The normalized spacial score (nSPS) is 33.0. The summed E-state index contributed by atoms with van der Waals surface area (Å²) < 4.78 is 0. The van der Waals surface area contributed by atoms with Gasteiger partial charge in [-0.05, 0) is 20.0 Å². The molecule has 0 N–H and O–H groups in total. The molecule has 2 aliphatic rings. The molecular formula is C7H13NS. The fourth-order valence-electron chi connectivity index (χ4n) is 1.79. The van der Waals surface area contributed by atoms with Gasteiger partial charge >= 0.3 is 0 Å². The van der Waals surface area contributed by atoms with Crippen molar-refractivity contribution in [2.24, 2.45) is 5.41 Å². The van der Waals surface area contributed by atoms with Crippen LogP contribution in [0.3, 0.4) is 0 Å².